The van der Waals surface area contributed by atoms with Crippen LogP contribution in [0.25, 0.3) is 0 Å². The largest absolute Gasteiger partial charge is 0.458 e. The summed E-state index contributed by atoms with van der Waals surface area (Å²) < 4.78 is 7.09. The number of benzene rings is 4. The molecule has 0 N–H and O–H groups in total. The van der Waals surface area contributed by atoms with E-state index in [0.29, 0.717) is 5.41 Å². The molecule has 16 rings (SSSR count). The van der Waals surface area contributed by atoms with Gasteiger partial charge >= 0.3 is 0 Å². The summed E-state index contributed by atoms with van der Waals surface area (Å²) in [7, 11) is 0. The van der Waals surface area contributed by atoms with Crippen molar-refractivity contribution < 1.29 is 4.74 Å². The Bertz CT molecular complexity index is 2060. The SMILES string of the molecule is c1ccc2c(c1)Oc1cc(C34CC5CC(CC(C5)C3)C4)cc3c1B2c1cc2c(cc1N3c1ccc3c(c1)C1CCC3CC1)C1CCC2CC1. The van der Waals surface area contributed by atoms with Crippen LogP contribution in [0.2, 0.25) is 0 Å². The van der Waals surface area contributed by atoms with Gasteiger partial charge in [0, 0.05) is 17.1 Å². The van der Waals surface area contributed by atoms with E-state index in [1.165, 1.54) is 123 Å². The first kappa shape index (κ1) is 27.3. The maximum Gasteiger partial charge on any atom is 0.256 e. The highest BCUT2D eigenvalue weighted by Gasteiger charge is 2.53. The molecule has 2 heterocycles. The second-order valence-corrected chi connectivity index (χ2v) is 18.5. The molecule has 0 radical (unpaired) electrons. The molecule has 4 aromatic carbocycles. The predicted octanol–water partition coefficient (Wildman–Crippen LogP) is 10.1. The van der Waals surface area contributed by atoms with Crippen LogP contribution in [0.3, 0.4) is 0 Å². The van der Waals surface area contributed by atoms with E-state index in [9.17, 15) is 0 Å². The molecule has 6 fully saturated rings. The highest BCUT2D eigenvalue weighted by atomic mass is 16.5. The third-order valence-electron chi connectivity index (χ3n) is 16.1. The molecule has 2 nitrogen and oxygen atoms in total. The molecule has 0 saturated heterocycles. The Kier molecular flexibility index (Phi) is 5.26. The zero-order valence-corrected chi connectivity index (χ0v) is 28.7. The van der Waals surface area contributed by atoms with Gasteiger partial charge in [0.05, 0.1) is 0 Å². The number of nitrogens with zero attached hydrogens (tertiary/aromatic N) is 1. The van der Waals surface area contributed by atoms with E-state index in [-0.39, 0.29) is 6.71 Å². The molecule has 0 spiro atoms. The molecule has 6 saturated carbocycles. The van der Waals surface area contributed by atoms with E-state index in [4.69, 9.17) is 4.74 Å². The molecule has 49 heavy (non-hydrogen) atoms. The van der Waals surface area contributed by atoms with Gasteiger partial charge in [-0.3, -0.25) is 0 Å². The van der Waals surface area contributed by atoms with Gasteiger partial charge in [-0.25, -0.2) is 0 Å². The quantitative estimate of drug-likeness (QED) is 0.175. The maximum atomic E-state index is 7.09. The molecule has 0 atom stereocenters. The number of rotatable bonds is 2. The van der Waals surface area contributed by atoms with E-state index >= 15 is 0 Å². The Morgan fingerprint density at radius 2 is 1.16 bits per heavy atom. The van der Waals surface area contributed by atoms with Crippen molar-refractivity contribution >= 4 is 40.2 Å². The van der Waals surface area contributed by atoms with Gasteiger partial charge in [0.1, 0.15) is 11.5 Å². The summed E-state index contributed by atoms with van der Waals surface area (Å²) in [5.41, 5.74) is 17.1. The molecule has 8 bridgehead atoms. The number of ether oxygens (including phenoxy) is 1. The smallest absolute Gasteiger partial charge is 0.256 e. The Morgan fingerprint density at radius 3 is 1.86 bits per heavy atom. The van der Waals surface area contributed by atoms with E-state index < -0.39 is 0 Å². The molecular formula is C46H46BNO. The highest BCUT2D eigenvalue weighted by Crippen LogP contribution is 2.62. The molecule has 2 aliphatic heterocycles. The average molecular weight is 640 g/mol. The van der Waals surface area contributed by atoms with Crippen molar-refractivity contribution in [3.63, 3.8) is 0 Å². The summed E-state index contributed by atoms with van der Waals surface area (Å²) in [6.45, 7) is 0.214. The average Bonchev–Trinajstić information content (AvgIpc) is 3.14. The molecule has 0 amide bonds. The minimum Gasteiger partial charge on any atom is -0.458 e. The van der Waals surface area contributed by atoms with Crippen LogP contribution >= 0.6 is 0 Å². The summed E-state index contributed by atoms with van der Waals surface area (Å²) in [5, 5.41) is 0. The van der Waals surface area contributed by atoms with Gasteiger partial charge in [0.15, 0.2) is 0 Å². The van der Waals surface area contributed by atoms with Gasteiger partial charge in [0.2, 0.25) is 0 Å². The molecule has 244 valence electrons. The Balaban J connectivity index is 1.09. The molecule has 12 aliphatic rings. The number of para-hydroxylation sites is 1. The lowest BCUT2D eigenvalue weighted by Gasteiger charge is -2.57. The lowest BCUT2D eigenvalue weighted by molar-refractivity contribution is -0.00522. The topological polar surface area (TPSA) is 12.5 Å². The van der Waals surface area contributed by atoms with Crippen LogP contribution in [-0.4, -0.2) is 6.71 Å². The Labute approximate surface area is 291 Å². The fourth-order valence-electron chi connectivity index (χ4n) is 14.4. The van der Waals surface area contributed by atoms with Crippen molar-refractivity contribution in [3.05, 3.63) is 94.5 Å². The zero-order chi connectivity index (χ0) is 31.6. The molecule has 3 heteroatoms. The standard InChI is InChI=1S/C46H46BNO/c1-2-4-43-39(3-1)47-40-21-37-31-9-11-32(12-10-31)38(37)22-41(40)48(34-13-14-35-29-5-7-30(8-6-29)36(35)20-34)42-18-33(19-44(49-43)45(42)47)46-23-26-15-27(24-46)17-28(16-26)25-46/h1-4,13-14,18-22,26-32H,5-12,15-17,23-25H2. The zero-order valence-electron chi connectivity index (χ0n) is 28.7. The van der Waals surface area contributed by atoms with Crippen LogP contribution in [0.15, 0.2) is 66.7 Å². The van der Waals surface area contributed by atoms with E-state index in [2.05, 4.69) is 71.6 Å². The van der Waals surface area contributed by atoms with Crippen LogP contribution < -0.4 is 26.0 Å². The maximum absolute atomic E-state index is 7.09. The van der Waals surface area contributed by atoms with Gasteiger partial charge in [0.25, 0.3) is 6.71 Å². The van der Waals surface area contributed by atoms with Gasteiger partial charge < -0.3 is 9.64 Å². The van der Waals surface area contributed by atoms with Gasteiger partial charge in [-0.15, -0.1) is 0 Å². The molecule has 10 aliphatic carbocycles. The van der Waals surface area contributed by atoms with Crippen LogP contribution in [0.1, 0.15) is 141 Å². The van der Waals surface area contributed by atoms with E-state index in [1.54, 1.807) is 27.8 Å². The van der Waals surface area contributed by atoms with Crippen LogP contribution in [-0.2, 0) is 5.41 Å². The second-order valence-electron chi connectivity index (χ2n) is 18.5. The first-order chi connectivity index (χ1) is 24.2. The summed E-state index contributed by atoms with van der Waals surface area (Å²) in [6, 6.07) is 27.4. The molecule has 0 unspecified atom stereocenters. The van der Waals surface area contributed by atoms with Crippen molar-refractivity contribution in [1.29, 1.82) is 0 Å². The predicted molar refractivity (Wildman–Crippen MR) is 200 cm³/mol. The van der Waals surface area contributed by atoms with Crippen molar-refractivity contribution in [2.24, 2.45) is 17.8 Å². The van der Waals surface area contributed by atoms with E-state index in [0.717, 1.165) is 52.9 Å². The van der Waals surface area contributed by atoms with Crippen molar-refractivity contribution in [2.75, 3.05) is 4.90 Å². The molecular weight excluding hydrogens is 593 g/mol. The number of anilines is 3. The second kappa shape index (κ2) is 9.45. The van der Waals surface area contributed by atoms with Crippen molar-refractivity contribution in [2.45, 2.75) is 119 Å². The summed E-state index contributed by atoms with van der Waals surface area (Å²) in [5.74, 6) is 7.92. The highest BCUT2D eigenvalue weighted by molar-refractivity contribution is 6.99. The minimum absolute atomic E-state index is 0.214. The normalized spacial score (nSPS) is 34.6. The minimum atomic E-state index is 0.214. The summed E-state index contributed by atoms with van der Waals surface area (Å²) in [6.07, 6.45) is 19.6. The third kappa shape index (κ3) is 3.61. The number of hydrogen-bond donors (Lipinski definition) is 0. The van der Waals surface area contributed by atoms with Crippen molar-refractivity contribution in [3.8, 4) is 11.5 Å². The molecule has 4 aromatic rings. The van der Waals surface area contributed by atoms with Gasteiger partial charge in [-0.05, 0) is 217 Å². The van der Waals surface area contributed by atoms with Crippen LogP contribution in [0.5, 0.6) is 11.5 Å². The van der Waals surface area contributed by atoms with Crippen LogP contribution in [0.4, 0.5) is 17.1 Å². The molecule has 0 aromatic heterocycles. The van der Waals surface area contributed by atoms with E-state index in [1.807, 2.05) is 0 Å². The third-order valence-corrected chi connectivity index (χ3v) is 16.1. The summed E-state index contributed by atoms with van der Waals surface area (Å²) in [4.78, 5) is 2.76. The monoisotopic (exact) mass is 639 g/mol. The van der Waals surface area contributed by atoms with Gasteiger partial charge in [-0.1, -0.05) is 30.3 Å². The van der Waals surface area contributed by atoms with Crippen molar-refractivity contribution in [1.82, 2.24) is 0 Å². The first-order valence-corrected chi connectivity index (χ1v) is 20.2. The fourth-order valence-corrected chi connectivity index (χ4v) is 14.4. The summed E-state index contributed by atoms with van der Waals surface area (Å²) >= 11 is 0. The number of fused-ring (bicyclic) bond motifs is 8. The number of hydrogen-bond acceptors (Lipinski definition) is 2. The lowest BCUT2D eigenvalue weighted by Crippen LogP contribution is -2.60. The Morgan fingerprint density at radius 1 is 0.551 bits per heavy atom. The fraction of sp³-hybridized carbons (Fsp3) is 0.478. The van der Waals surface area contributed by atoms with Crippen LogP contribution in [0, 0.1) is 17.8 Å². The first-order valence-electron chi connectivity index (χ1n) is 20.2. The van der Waals surface area contributed by atoms with Gasteiger partial charge in [-0.2, -0.15) is 0 Å². The lowest BCUT2D eigenvalue weighted by atomic mass is 9.33. The Hall–Kier alpha value is -3.46.